The van der Waals surface area contributed by atoms with Gasteiger partial charge in [-0.15, -0.1) is 0 Å². The fraction of sp³-hybridized carbons (Fsp3) is 0.375. The van der Waals surface area contributed by atoms with Gasteiger partial charge in [0.15, 0.2) is 4.33 Å². The summed E-state index contributed by atoms with van der Waals surface area (Å²) < 4.78 is 10.0. The molecule has 2 aliphatic rings. The lowest BCUT2D eigenvalue weighted by molar-refractivity contribution is 0.279. The first-order valence-electron chi connectivity index (χ1n) is 13.9. The highest BCUT2D eigenvalue weighted by atomic mass is 35.5. The van der Waals surface area contributed by atoms with Gasteiger partial charge in [-0.05, 0) is 55.5 Å². The van der Waals surface area contributed by atoms with Gasteiger partial charge in [-0.25, -0.2) is 9.97 Å². The Labute approximate surface area is 251 Å². The molecule has 5 rings (SSSR count). The van der Waals surface area contributed by atoms with Gasteiger partial charge in [-0.3, -0.25) is 0 Å². The Morgan fingerprint density at radius 2 is 1.73 bits per heavy atom. The van der Waals surface area contributed by atoms with E-state index in [2.05, 4.69) is 5.32 Å². The molecule has 0 spiro atoms. The molecule has 1 aliphatic heterocycles. The molecule has 1 aliphatic carbocycles. The lowest BCUT2D eigenvalue weighted by atomic mass is 9.70. The van der Waals surface area contributed by atoms with E-state index in [1.165, 1.54) is 0 Å². The van der Waals surface area contributed by atoms with E-state index in [4.69, 9.17) is 48.4 Å². The number of aliphatic hydroxyl groups excluding tert-OH is 1. The Kier molecular flexibility index (Phi) is 9.02. The Hall–Kier alpha value is -2.94. The number of nitrogens with two attached hydrogens (primary N) is 1. The summed E-state index contributed by atoms with van der Waals surface area (Å²) >= 11 is 15.0. The van der Waals surface area contributed by atoms with E-state index in [1.54, 1.807) is 14.2 Å². The largest absolute Gasteiger partial charge is 0.481 e. The van der Waals surface area contributed by atoms with Crippen LogP contribution < -0.4 is 20.5 Å². The maximum atomic E-state index is 9.30. The van der Waals surface area contributed by atoms with Crippen LogP contribution in [0.3, 0.4) is 0 Å². The van der Waals surface area contributed by atoms with Gasteiger partial charge in [0.25, 0.3) is 0 Å². The van der Waals surface area contributed by atoms with E-state index in [1.807, 2.05) is 72.8 Å². The maximum absolute atomic E-state index is 9.30. The highest BCUT2D eigenvalue weighted by Crippen LogP contribution is 2.57. The number of rotatable bonds is 10. The van der Waals surface area contributed by atoms with Crippen LogP contribution in [0.1, 0.15) is 65.8 Å². The number of halogens is 2. The summed E-state index contributed by atoms with van der Waals surface area (Å²) in [6.45, 7) is 1.02. The molecule has 3 aromatic rings. The Morgan fingerprint density at radius 1 is 1.02 bits per heavy atom. The quantitative estimate of drug-likeness (QED) is 0.255. The minimum absolute atomic E-state index is 0.0604. The highest BCUT2D eigenvalue weighted by molar-refractivity contribution is 6.56. The minimum Gasteiger partial charge on any atom is -0.481 e. The molecule has 4 N–H and O–H groups in total. The Balaban J connectivity index is 1.71. The molecular weight excluding hydrogens is 559 g/mol. The van der Waals surface area contributed by atoms with E-state index in [0.717, 1.165) is 41.6 Å². The van der Waals surface area contributed by atoms with Crippen molar-refractivity contribution in [2.24, 2.45) is 5.73 Å². The average molecular weight is 596 g/mol. The molecule has 0 bridgehead atoms. The molecule has 7 nitrogen and oxygen atoms in total. The lowest BCUT2D eigenvalue weighted by Crippen LogP contribution is -2.47. The van der Waals surface area contributed by atoms with Crippen molar-refractivity contribution in [2.45, 2.75) is 47.5 Å². The zero-order chi connectivity index (χ0) is 29.0. The first-order chi connectivity index (χ1) is 19.9. The number of ether oxygens (including phenoxy) is 2. The normalized spacial score (nSPS) is 22.3. The average Bonchev–Trinajstić information content (AvgIpc) is 3.54. The predicted octanol–water partition coefficient (Wildman–Crippen LogP) is 5.80. The second-order valence-corrected chi connectivity index (χ2v) is 11.7. The summed E-state index contributed by atoms with van der Waals surface area (Å²) in [4.78, 5) is 10.0. The molecule has 3 heterocycles. The summed E-state index contributed by atoms with van der Waals surface area (Å²) in [5, 5.41) is 12.8. The number of nitrogens with zero attached hydrogens (tertiary/aromatic N) is 2. The van der Waals surface area contributed by atoms with Gasteiger partial charge in [-0.2, -0.15) is 0 Å². The fourth-order valence-electron chi connectivity index (χ4n) is 5.86. The number of benzene rings is 1. The Bertz CT molecular complexity index is 1420. The summed E-state index contributed by atoms with van der Waals surface area (Å²) in [5.41, 5.74) is 9.72. The van der Waals surface area contributed by atoms with Crippen LogP contribution in [0.15, 0.2) is 72.8 Å². The first kappa shape index (κ1) is 29.5. The number of pyridine rings is 2. The van der Waals surface area contributed by atoms with Crippen LogP contribution in [0.2, 0.25) is 0 Å². The van der Waals surface area contributed by atoms with Gasteiger partial charge in [-0.1, -0.05) is 83.9 Å². The molecule has 9 heteroatoms. The van der Waals surface area contributed by atoms with E-state index in [9.17, 15) is 5.11 Å². The van der Waals surface area contributed by atoms with Crippen LogP contribution in [-0.2, 0) is 5.41 Å². The van der Waals surface area contributed by atoms with Gasteiger partial charge in [0.05, 0.1) is 25.6 Å². The molecular formula is C32H36Cl2N4O3. The zero-order valence-electron chi connectivity index (χ0n) is 23.3. The molecule has 2 unspecified atom stereocenters. The SMILES string of the molecule is COc1nc(C2(c3ccc([C@@H]4CCCN4)c(OC)n3)C=CC=C(c3ccccc3)C2(Cl)Cl)ccc1C(N)CCCO. The van der Waals surface area contributed by atoms with Crippen molar-refractivity contribution in [1.29, 1.82) is 0 Å². The number of nitrogens with one attached hydrogen (secondary N) is 1. The van der Waals surface area contributed by atoms with Crippen LogP contribution >= 0.6 is 23.2 Å². The third-order valence-electron chi connectivity index (χ3n) is 8.01. The third-order valence-corrected chi connectivity index (χ3v) is 9.01. The topological polar surface area (TPSA) is 103 Å². The number of hydrogen-bond donors (Lipinski definition) is 3. The number of aliphatic hydroxyl groups is 1. The standard InChI is InChI=1S/C32H36Cl2N4O3/c1-40-29-22(25(35)12-8-20-39)14-16-27(37-29)31(18-6-11-24(32(31,33)34)21-9-4-3-5-10-21)28-17-15-23(30(38-28)41-2)26-13-7-19-36-26/h3-6,9-11,14-18,25-26,36,39H,7-8,12-13,19-20,35H2,1-2H3/t25?,26-,31?/m0/s1. The smallest absolute Gasteiger partial charge is 0.218 e. The van der Waals surface area contributed by atoms with Gasteiger partial charge in [0.2, 0.25) is 11.8 Å². The zero-order valence-corrected chi connectivity index (χ0v) is 24.8. The van der Waals surface area contributed by atoms with Crippen molar-refractivity contribution in [3.05, 3.63) is 101 Å². The Morgan fingerprint density at radius 3 is 2.39 bits per heavy atom. The monoisotopic (exact) mass is 594 g/mol. The number of methoxy groups -OCH3 is 2. The van der Waals surface area contributed by atoms with E-state index in [0.29, 0.717) is 36.0 Å². The van der Waals surface area contributed by atoms with Crippen LogP contribution in [0.5, 0.6) is 11.8 Å². The fourth-order valence-corrected chi connectivity index (χ4v) is 6.72. The number of alkyl halides is 2. The van der Waals surface area contributed by atoms with Crippen molar-refractivity contribution < 1.29 is 14.6 Å². The molecule has 3 atom stereocenters. The van der Waals surface area contributed by atoms with E-state index in [-0.39, 0.29) is 18.7 Å². The van der Waals surface area contributed by atoms with Gasteiger partial charge in [0, 0.05) is 29.8 Å². The molecule has 1 saturated heterocycles. The van der Waals surface area contributed by atoms with Crippen molar-refractivity contribution in [3.63, 3.8) is 0 Å². The number of aromatic nitrogens is 2. The summed E-state index contributed by atoms with van der Waals surface area (Å²) in [6, 6.07) is 17.4. The van der Waals surface area contributed by atoms with E-state index >= 15 is 0 Å². The van der Waals surface area contributed by atoms with E-state index < -0.39 is 9.75 Å². The van der Waals surface area contributed by atoms with Crippen molar-refractivity contribution in [1.82, 2.24) is 15.3 Å². The summed E-state index contributed by atoms with van der Waals surface area (Å²) in [5.74, 6) is 0.892. The molecule has 216 valence electrons. The molecule has 2 aromatic heterocycles. The van der Waals surface area contributed by atoms with Gasteiger partial charge < -0.3 is 25.6 Å². The molecule has 1 fully saturated rings. The predicted molar refractivity (Wildman–Crippen MR) is 164 cm³/mol. The van der Waals surface area contributed by atoms with Gasteiger partial charge in [0.1, 0.15) is 5.41 Å². The molecule has 0 radical (unpaired) electrons. The highest BCUT2D eigenvalue weighted by Gasteiger charge is 2.56. The van der Waals surface area contributed by atoms with Crippen LogP contribution in [-0.4, -0.2) is 46.8 Å². The molecule has 1 aromatic carbocycles. The maximum Gasteiger partial charge on any atom is 0.218 e. The van der Waals surface area contributed by atoms with Crippen LogP contribution in [0.25, 0.3) is 5.57 Å². The van der Waals surface area contributed by atoms with Gasteiger partial charge >= 0.3 is 0 Å². The lowest BCUT2D eigenvalue weighted by Gasteiger charge is -2.44. The summed E-state index contributed by atoms with van der Waals surface area (Å²) in [7, 11) is 3.19. The van der Waals surface area contributed by atoms with Crippen LogP contribution in [0, 0.1) is 0 Å². The molecule has 0 saturated carbocycles. The molecule has 41 heavy (non-hydrogen) atoms. The number of allylic oxidation sites excluding steroid dienone is 4. The van der Waals surface area contributed by atoms with Crippen molar-refractivity contribution >= 4 is 28.8 Å². The first-order valence-corrected chi connectivity index (χ1v) is 14.7. The second kappa shape index (κ2) is 12.5. The summed E-state index contributed by atoms with van der Waals surface area (Å²) in [6.07, 6.45) is 9.08. The third kappa shape index (κ3) is 5.38. The second-order valence-electron chi connectivity index (χ2n) is 10.4. The van der Waals surface area contributed by atoms with Crippen LogP contribution in [0.4, 0.5) is 0 Å². The van der Waals surface area contributed by atoms with Crippen molar-refractivity contribution in [2.75, 3.05) is 27.4 Å². The van der Waals surface area contributed by atoms with Crippen molar-refractivity contribution in [3.8, 4) is 11.8 Å². The minimum atomic E-state index is -1.52. The number of hydrogen-bond acceptors (Lipinski definition) is 7. The molecule has 0 amide bonds.